The van der Waals surface area contributed by atoms with E-state index in [0.717, 1.165) is 92.4 Å². The number of H-pyrrole nitrogens is 1. The van der Waals surface area contributed by atoms with E-state index in [1.54, 1.807) is 7.11 Å². The van der Waals surface area contributed by atoms with Gasteiger partial charge in [0, 0.05) is 45.0 Å². The molecule has 2 saturated heterocycles. The molecule has 1 N–H and O–H groups in total. The summed E-state index contributed by atoms with van der Waals surface area (Å²) in [6.45, 7) is 8.80. The number of fused-ring (bicyclic) bond motifs is 1. The molecule has 0 atom stereocenters. The minimum atomic E-state index is 0.720. The number of piperazine rings is 1. The van der Waals surface area contributed by atoms with Crippen molar-refractivity contribution in [2.45, 2.75) is 6.92 Å². The quantitative estimate of drug-likeness (QED) is 0.711. The molecule has 5 rings (SSSR count). The zero-order valence-corrected chi connectivity index (χ0v) is 17.6. The monoisotopic (exact) mass is 408 g/mol. The Labute approximate surface area is 176 Å². The van der Waals surface area contributed by atoms with E-state index < -0.39 is 0 Å². The highest BCUT2D eigenvalue weighted by Gasteiger charge is 2.24. The second-order valence-corrected chi connectivity index (χ2v) is 7.81. The van der Waals surface area contributed by atoms with Crippen molar-refractivity contribution in [2.75, 3.05) is 74.3 Å². The van der Waals surface area contributed by atoms with E-state index in [-0.39, 0.29) is 0 Å². The topological polar surface area (TPSA) is 69.8 Å². The Morgan fingerprint density at radius 3 is 2.43 bits per heavy atom. The minimum absolute atomic E-state index is 0.720. The van der Waals surface area contributed by atoms with Gasteiger partial charge in [-0.2, -0.15) is 9.97 Å². The van der Waals surface area contributed by atoms with Gasteiger partial charge in [0.1, 0.15) is 17.2 Å². The molecule has 2 fully saturated rings. The number of rotatable bonds is 4. The summed E-state index contributed by atoms with van der Waals surface area (Å²) in [5, 5.41) is 1.09. The smallest absolute Gasteiger partial charge is 0.229 e. The standard InChI is InChI=1S/C22H28N6O2/c1-16-15-17-20(23-16)24-22(28-11-13-30-14-12-28)25-21(17)27-9-7-26(8-10-27)18-5-3-4-6-19(18)29-2/h3-6,15H,7-14H2,1-2H3,(H,23,24,25). The van der Waals surface area contributed by atoms with Gasteiger partial charge in [0.2, 0.25) is 5.95 Å². The van der Waals surface area contributed by atoms with Crippen LogP contribution in [0, 0.1) is 6.92 Å². The molecule has 0 amide bonds. The van der Waals surface area contributed by atoms with Crippen LogP contribution in [0.25, 0.3) is 11.0 Å². The summed E-state index contributed by atoms with van der Waals surface area (Å²) in [7, 11) is 1.73. The lowest BCUT2D eigenvalue weighted by molar-refractivity contribution is 0.122. The molecule has 30 heavy (non-hydrogen) atoms. The number of nitrogens with zero attached hydrogens (tertiary/aromatic N) is 5. The first kappa shape index (κ1) is 19.0. The summed E-state index contributed by atoms with van der Waals surface area (Å²) in [5.74, 6) is 2.73. The van der Waals surface area contributed by atoms with Crippen molar-refractivity contribution in [2.24, 2.45) is 0 Å². The number of nitrogens with one attached hydrogen (secondary N) is 1. The number of aromatic nitrogens is 3. The number of para-hydroxylation sites is 2. The van der Waals surface area contributed by atoms with Crippen LogP contribution in [-0.4, -0.2) is 74.5 Å². The molecule has 158 valence electrons. The molecule has 8 nitrogen and oxygen atoms in total. The van der Waals surface area contributed by atoms with Crippen LogP contribution in [0.4, 0.5) is 17.5 Å². The summed E-state index contributed by atoms with van der Waals surface area (Å²) in [4.78, 5) is 20.2. The zero-order chi connectivity index (χ0) is 20.5. The number of hydrogen-bond acceptors (Lipinski definition) is 7. The Hall–Kier alpha value is -3.00. The average Bonchev–Trinajstić information content (AvgIpc) is 3.19. The first-order valence-electron chi connectivity index (χ1n) is 10.6. The number of aryl methyl sites for hydroxylation is 1. The molecule has 1 aromatic carbocycles. The number of hydrogen-bond donors (Lipinski definition) is 1. The van der Waals surface area contributed by atoms with Gasteiger partial charge in [-0.15, -0.1) is 0 Å². The highest BCUT2D eigenvalue weighted by molar-refractivity contribution is 5.89. The maximum Gasteiger partial charge on any atom is 0.229 e. The second kappa shape index (κ2) is 8.02. The molecule has 2 aliphatic rings. The van der Waals surface area contributed by atoms with Gasteiger partial charge in [-0.25, -0.2) is 0 Å². The maximum atomic E-state index is 5.56. The van der Waals surface area contributed by atoms with Crippen molar-refractivity contribution in [1.29, 1.82) is 0 Å². The summed E-state index contributed by atoms with van der Waals surface area (Å²) < 4.78 is 11.1. The Morgan fingerprint density at radius 2 is 1.67 bits per heavy atom. The van der Waals surface area contributed by atoms with Gasteiger partial charge < -0.3 is 29.2 Å². The van der Waals surface area contributed by atoms with E-state index in [1.165, 1.54) is 0 Å². The third kappa shape index (κ3) is 3.52. The van der Waals surface area contributed by atoms with Gasteiger partial charge in [-0.1, -0.05) is 12.1 Å². The molecular formula is C22H28N6O2. The summed E-state index contributed by atoms with van der Waals surface area (Å²) in [6.07, 6.45) is 0. The summed E-state index contributed by atoms with van der Waals surface area (Å²) in [6, 6.07) is 10.4. The number of methoxy groups -OCH3 is 1. The van der Waals surface area contributed by atoms with E-state index in [0.29, 0.717) is 0 Å². The first-order chi connectivity index (χ1) is 14.7. The fourth-order valence-corrected chi connectivity index (χ4v) is 4.31. The van der Waals surface area contributed by atoms with Gasteiger partial charge in [0.05, 0.1) is 31.4 Å². The third-order valence-corrected chi connectivity index (χ3v) is 5.89. The molecule has 0 spiro atoms. The highest BCUT2D eigenvalue weighted by atomic mass is 16.5. The van der Waals surface area contributed by atoms with Gasteiger partial charge in [0.15, 0.2) is 0 Å². The predicted molar refractivity (Wildman–Crippen MR) is 119 cm³/mol. The van der Waals surface area contributed by atoms with Gasteiger partial charge in [-0.3, -0.25) is 0 Å². The van der Waals surface area contributed by atoms with Gasteiger partial charge >= 0.3 is 0 Å². The van der Waals surface area contributed by atoms with E-state index in [4.69, 9.17) is 19.4 Å². The summed E-state index contributed by atoms with van der Waals surface area (Å²) >= 11 is 0. The number of ether oxygens (including phenoxy) is 2. The molecule has 0 radical (unpaired) electrons. The lowest BCUT2D eigenvalue weighted by Gasteiger charge is -2.37. The minimum Gasteiger partial charge on any atom is -0.495 e. The third-order valence-electron chi connectivity index (χ3n) is 5.89. The summed E-state index contributed by atoms with van der Waals surface area (Å²) in [5.41, 5.74) is 3.16. The van der Waals surface area contributed by atoms with E-state index in [2.05, 4.69) is 44.8 Å². The van der Waals surface area contributed by atoms with Crippen LogP contribution in [0.1, 0.15) is 5.69 Å². The molecule has 8 heteroatoms. The lowest BCUT2D eigenvalue weighted by atomic mass is 10.2. The van der Waals surface area contributed by atoms with Crippen LogP contribution in [0.15, 0.2) is 30.3 Å². The molecule has 2 aromatic heterocycles. The van der Waals surface area contributed by atoms with Crippen LogP contribution >= 0.6 is 0 Å². The molecule has 0 saturated carbocycles. The zero-order valence-electron chi connectivity index (χ0n) is 17.6. The lowest BCUT2D eigenvalue weighted by Crippen LogP contribution is -2.47. The molecule has 4 heterocycles. The highest BCUT2D eigenvalue weighted by Crippen LogP contribution is 2.31. The Bertz CT molecular complexity index is 1020. The maximum absolute atomic E-state index is 5.56. The average molecular weight is 409 g/mol. The second-order valence-electron chi connectivity index (χ2n) is 7.81. The fourth-order valence-electron chi connectivity index (χ4n) is 4.31. The van der Waals surface area contributed by atoms with E-state index in [9.17, 15) is 0 Å². The molecule has 2 aliphatic heterocycles. The molecule has 0 aliphatic carbocycles. The Kier molecular flexibility index (Phi) is 5.08. The van der Waals surface area contributed by atoms with Crippen LogP contribution in [0.2, 0.25) is 0 Å². The van der Waals surface area contributed by atoms with Crippen molar-refractivity contribution < 1.29 is 9.47 Å². The van der Waals surface area contributed by atoms with Crippen molar-refractivity contribution in [3.63, 3.8) is 0 Å². The number of benzene rings is 1. The Balaban J connectivity index is 1.42. The van der Waals surface area contributed by atoms with E-state index in [1.807, 2.05) is 12.1 Å². The number of aromatic amines is 1. The van der Waals surface area contributed by atoms with Gasteiger partial charge in [0.25, 0.3) is 0 Å². The van der Waals surface area contributed by atoms with Crippen molar-refractivity contribution >= 4 is 28.5 Å². The van der Waals surface area contributed by atoms with Crippen LogP contribution in [0.3, 0.4) is 0 Å². The molecule has 0 unspecified atom stereocenters. The normalized spacial score (nSPS) is 17.6. The molecule has 0 bridgehead atoms. The first-order valence-corrected chi connectivity index (χ1v) is 10.6. The predicted octanol–water partition coefficient (Wildman–Crippen LogP) is 2.44. The molecular weight excluding hydrogens is 380 g/mol. The fraction of sp³-hybridized carbons (Fsp3) is 0.455. The van der Waals surface area contributed by atoms with Crippen molar-refractivity contribution in [3.05, 3.63) is 36.0 Å². The van der Waals surface area contributed by atoms with Crippen molar-refractivity contribution in [3.8, 4) is 5.75 Å². The van der Waals surface area contributed by atoms with Gasteiger partial charge in [-0.05, 0) is 25.1 Å². The molecule has 3 aromatic rings. The Morgan fingerprint density at radius 1 is 0.933 bits per heavy atom. The number of anilines is 3. The van der Waals surface area contributed by atoms with E-state index >= 15 is 0 Å². The number of morpholine rings is 1. The van der Waals surface area contributed by atoms with Crippen LogP contribution < -0.4 is 19.4 Å². The largest absolute Gasteiger partial charge is 0.495 e. The van der Waals surface area contributed by atoms with Crippen LogP contribution in [-0.2, 0) is 4.74 Å². The van der Waals surface area contributed by atoms with Crippen LogP contribution in [0.5, 0.6) is 5.75 Å². The SMILES string of the molecule is COc1ccccc1N1CCN(c2nc(N3CCOCC3)nc3[nH]c(C)cc23)CC1. The van der Waals surface area contributed by atoms with Crippen molar-refractivity contribution in [1.82, 2.24) is 15.0 Å².